The Balaban J connectivity index is 4.65. The predicted molar refractivity (Wildman–Crippen MR) is 282 cm³/mol. The Morgan fingerprint density at radius 2 is 0.831 bits per heavy atom. The van der Waals surface area contributed by atoms with Crippen molar-refractivity contribution in [3.8, 4) is 0 Å². The molecule has 0 radical (unpaired) electrons. The maximum atomic E-state index is 13.2. The number of carbonyl (C=O) groups is 2. The average molecular weight is 908 g/mol. The molecule has 0 bridgehead atoms. The van der Waals surface area contributed by atoms with Gasteiger partial charge < -0.3 is 20.3 Å². The number of amides is 1. The van der Waals surface area contributed by atoms with Gasteiger partial charge in [0, 0.05) is 6.42 Å². The smallest absolute Gasteiger partial charge is 0.306 e. The minimum absolute atomic E-state index is 0.0594. The number of unbranched alkanes of at least 4 members (excludes halogenated alkanes) is 30. The minimum Gasteiger partial charge on any atom is -0.462 e. The van der Waals surface area contributed by atoms with Gasteiger partial charge in [-0.15, -0.1) is 0 Å². The molecule has 0 fully saturated rings. The molecule has 0 aliphatic heterocycles. The van der Waals surface area contributed by atoms with E-state index in [1.54, 1.807) is 0 Å². The maximum absolute atomic E-state index is 13.2. The van der Waals surface area contributed by atoms with Crippen LogP contribution >= 0.6 is 0 Å². The normalized spacial score (nSPS) is 13.7. The zero-order valence-electron chi connectivity index (χ0n) is 42.9. The number of ether oxygens (including phenoxy) is 1. The van der Waals surface area contributed by atoms with Gasteiger partial charge >= 0.3 is 5.97 Å². The summed E-state index contributed by atoms with van der Waals surface area (Å²) in [5, 5.41) is 23.8. The van der Waals surface area contributed by atoms with E-state index in [-0.39, 0.29) is 24.9 Å². The van der Waals surface area contributed by atoms with E-state index in [2.05, 4.69) is 50.4 Å². The Bertz CT molecular complexity index is 1200. The second kappa shape index (κ2) is 52.3. The van der Waals surface area contributed by atoms with Crippen LogP contribution in [0.25, 0.3) is 0 Å². The summed E-state index contributed by atoms with van der Waals surface area (Å²) in [6.07, 6.45) is 66.7. The van der Waals surface area contributed by atoms with Crippen molar-refractivity contribution < 1.29 is 24.5 Å². The van der Waals surface area contributed by atoms with Gasteiger partial charge in [0.2, 0.25) is 5.91 Å². The van der Waals surface area contributed by atoms with Crippen LogP contribution in [0, 0.1) is 0 Å². The number of hydrogen-bond acceptors (Lipinski definition) is 5. The van der Waals surface area contributed by atoms with Gasteiger partial charge in [-0.05, 0) is 44.9 Å². The van der Waals surface area contributed by atoms with Gasteiger partial charge in [0.25, 0.3) is 0 Å². The fraction of sp³-hybridized carbons (Fsp3) is 0.763. The number of aliphatic hydroxyl groups is 2. The fourth-order valence-electron chi connectivity index (χ4n) is 8.29. The topological polar surface area (TPSA) is 95.9 Å². The summed E-state index contributed by atoms with van der Waals surface area (Å²) in [5.74, 6) is -0.518. The SMILES string of the molecule is CC\C=C/C=C/C=C/C=C\C=C\C=C\CCCCCC(=O)OC(CCCCCCCCCCCCCCCCC)CC(=O)NC(CO)C(O)CCCCCCCCCCCCCCCC. The van der Waals surface area contributed by atoms with Crippen LogP contribution in [0.5, 0.6) is 0 Å². The molecule has 3 atom stereocenters. The molecule has 3 unspecified atom stereocenters. The van der Waals surface area contributed by atoms with E-state index in [4.69, 9.17) is 4.74 Å². The molecule has 0 saturated carbocycles. The van der Waals surface area contributed by atoms with E-state index in [0.717, 1.165) is 70.6 Å². The Morgan fingerprint density at radius 3 is 1.25 bits per heavy atom. The first-order valence-corrected chi connectivity index (χ1v) is 27.7. The quantitative estimate of drug-likeness (QED) is 0.0321. The number of hydrogen-bond donors (Lipinski definition) is 3. The molecule has 6 nitrogen and oxygen atoms in total. The van der Waals surface area contributed by atoms with Crippen molar-refractivity contribution in [2.45, 2.75) is 283 Å². The van der Waals surface area contributed by atoms with Gasteiger partial charge in [0.05, 0.1) is 25.2 Å². The molecule has 6 heteroatoms. The number of aliphatic hydroxyl groups excluding tert-OH is 2. The average Bonchev–Trinajstić information content (AvgIpc) is 3.30. The lowest BCUT2D eigenvalue weighted by Crippen LogP contribution is -2.46. The van der Waals surface area contributed by atoms with E-state index in [0.29, 0.717) is 19.3 Å². The fourth-order valence-corrected chi connectivity index (χ4v) is 8.29. The highest BCUT2D eigenvalue weighted by Crippen LogP contribution is 2.18. The van der Waals surface area contributed by atoms with E-state index in [9.17, 15) is 19.8 Å². The third kappa shape index (κ3) is 47.6. The van der Waals surface area contributed by atoms with Crippen LogP contribution in [0.2, 0.25) is 0 Å². The Labute approximate surface area is 402 Å². The first kappa shape index (κ1) is 62.3. The molecule has 0 aliphatic rings. The molecular weight excluding hydrogens is 803 g/mol. The van der Waals surface area contributed by atoms with Crippen molar-refractivity contribution in [1.29, 1.82) is 0 Å². The summed E-state index contributed by atoms with van der Waals surface area (Å²) in [7, 11) is 0. The predicted octanol–water partition coefficient (Wildman–Crippen LogP) is 17.0. The number of rotatable bonds is 49. The molecule has 0 heterocycles. The van der Waals surface area contributed by atoms with E-state index in [1.165, 1.54) is 148 Å². The lowest BCUT2D eigenvalue weighted by Gasteiger charge is -2.24. The lowest BCUT2D eigenvalue weighted by molar-refractivity contribution is -0.151. The van der Waals surface area contributed by atoms with Crippen LogP contribution in [0.3, 0.4) is 0 Å². The summed E-state index contributed by atoms with van der Waals surface area (Å²) in [4.78, 5) is 26.2. The number of carbonyl (C=O) groups excluding carboxylic acids is 2. The maximum Gasteiger partial charge on any atom is 0.306 e. The van der Waals surface area contributed by atoms with E-state index in [1.807, 2.05) is 48.6 Å². The van der Waals surface area contributed by atoms with Gasteiger partial charge in [-0.3, -0.25) is 9.59 Å². The molecule has 0 saturated heterocycles. The molecule has 0 rings (SSSR count). The van der Waals surface area contributed by atoms with Crippen LogP contribution in [0.1, 0.15) is 265 Å². The third-order valence-corrected chi connectivity index (χ3v) is 12.5. The van der Waals surface area contributed by atoms with Crippen LogP contribution in [-0.2, 0) is 14.3 Å². The molecule has 3 N–H and O–H groups in total. The van der Waals surface area contributed by atoms with Crippen LogP contribution in [0.4, 0.5) is 0 Å². The molecule has 0 aromatic rings. The van der Waals surface area contributed by atoms with Crippen molar-refractivity contribution in [3.63, 3.8) is 0 Å². The van der Waals surface area contributed by atoms with Gasteiger partial charge in [0.1, 0.15) is 6.10 Å². The minimum atomic E-state index is -0.797. The summed E-state index contributed by atoms with van der Waals surface area (Å²) < 4.78 is 5.94. The molecule has 376 valence electrons. The standard InChI is InChI=1S/C59H105NO5/c1-4-7-10-13-16-19-22-25-28-29-31-34-37-40-43-46-49-52-59(64)65-55(50-47-44-41-38-35-32-30-26-23-20-17-14-11-8-5-2)53-58(63)60-56(54-61)57(62)51-48-45-42-39-36-33-27-24-21-18-15-12-9-6-3/h7,10,13,16,19,22,25,28-29,31,34,37,55-57,61-62H,4-6,8-9,11-12,14-15,17-18,20-21,23-24,26-27,30,32-33,35-36,38-54H2,1-3H3,(H,60,63)/b10-7-,16-13+,22-19+,28-25-,31-29+,37-34+. The van der Waals surface area contributed by atoms with Crippen LogP contribution in [-0.4, -0.2) is 46.9 Å². The van der Waals surface area contributed by atoms with E-state index >= 15 is 0 Å². The Kier molecular flexibility index (Phi) is 50.1. The summed E-state index contributed by atoms with van der Waals surface area (Å²) in [6, 6.07) is -0.713. The molecule has 65 heavy (non-hydrogen) atoms. The summed E-state index contributed by atoms with van der Waals surface area (Å²) in [6.45, 7) is 6.35. The van der Waals surface area contributed by atoms with Crippen LogP contribution in [0.15, 0.2) is 72.9 Å². The highest BCUT2D eigenvalue weighted by atomic mass is 16.5. The molecular formula is C59H105NO5. The summed E-state index contributed by atoms with van der Waals surface area (Å²) >= 11 is 0. The lowest BCUT2D eigenvalue weighted by atomic mass is 10.0. The van der Waals surface area contributed by atoms with E-state index < -0.39 is 18.2 Å². The molecule has 0 aromatic heterocycles. The van der Waals surface area contributed by atoms with Gasteiger partial charge in [-0.2, -0.15) is 0 Å². The van der Waals surface area contributed by atoms with Gasteiger partial charge in [0.15, 0.2) is 0 Å². The highest BCUT2D eigenvalue weighted by Gasteiger charge is 2.24. The molecule has 0 spiro atoms. The number of allylic oxidation sites excluding steroid dienone is 12. The molecule has 0 aliphatic carbocycles. The Morgan fingerprint density at radius 1 is 0.462 bits per heavy atom. The first-order chi connectivity index (χ1) is 32.0. The van der Waals surface area contributed by atoms with Crippen molar-refractivity contribution >= 4 is 11.9 Å². The third-order valence-electron chi connectivity index (χ3n) is 12.5. The summed E-state index contributed by atoms with van der Waals surface area (Å²) in [5.41, 5.74) is 0. The number of esters is 1. The van der Waals surface area contributed by atoms with Gasteiger partial charge in [-0.1, -0.05) is 280 Å². The first-order valence-electron chi connectivity index (χ1n) is 27.7. The highest BCUT2D eigenvalue weighted by molar-refractivity contribution is 5.77. The second-order valence-electron chi connectivity index (χ2n) is 18.8. The Hall–Kier alpha value is -2.70. The zero-order valence-corrected chi connectivity index (χ0v) is 42.9. The number of nitrogens with one attached hydrogen (secondary N) is 1. The van der Waals surface area contributed by atoms with Crippen molar-refractivity contribution in [2.75, 3.05) is 6.61 Å². The van der Waals surface area contributed by atoms with Crippen molar-refractivity contribution in [1.82, 2.24) is 5.32 Å². The monoisotopic (exact) mass is 908 g/mol. The van der Waals surface area contributed by atoms with Crippen molar-refractivity contribution in [3.05, 3.63) is 72.9 Å². The van der Waals surface area contributed by atoms with Crippen molar-refractivity contribution in [2.24, 2.45) is 0 Å². The molecule has 0 aromatic carbocycles. The van der Waals surface area contributed by atoms with Crippen LogP contribution < -0.4 is 5.32 Å². The van der Waals surface area contributed by atoms with Gasteiger partial charge in [-0.25, -0.2) is 0 Å². The largest absolute Gasteiger partial charge is 0.462 e. The molecule has 1 amide bonds. The second-order valence-corrected chi connectivity index (χ2v) is 18.8. The zero-order chi connectivity index (χ0) is 47.4.